The molecular formula is C14H22N4O. The minimum atomic E-state index is -0.160. The van der Waals surface area contributed by atoms with Crippen LogP contribution >= 0.6 is 0 Å². The van der Waals surface area contributed by atoms with E-state index in [1.807, 2.05) is 0 Å². The summed E-state index contributed by atoms with van der Waals surface area (Å²) in [6.07, 6.45) is 5.21. The Hall–Kier alpha value is -1.62. The first kappa shape index (κ1) is 13.8. The Morgan fingerprint density at radius 1 is 1.47 bits per heavy atom. The zero-order chi connectivity index (χ0) is 13.7. The molecule has 0 spiro atoms. The Balaban J connectivity index is 1.74. The summed E-state index contributed by atoms with van der Waals surface area (Å²) in [5.41, 5.74) is 5.93. The smallest absolute Gasteiger partial charge is 0.270 e. The van der Waals surface area contributed by atoms with Gasteiger partial charge in [0.2, 0.25) is 0 Å². The summed E-state index contributed by atoms with van der Waals surface area (Å²) < 4.78 is 0. The van der Waals surface area contributed by atoms with Gasteiger partial charge in [0.25, 0.3) is 5.91 Å². The number of carbonyl (C=O) groups excluding carboxylic acids is 1. The molecule has 0 saturated heterocycles. The van der Waals surface area contributed by atoms with Crippen molar-refractivity contribution in [2.45, 2.75) is 31.7 Å². The van der Waals surface area contributed by atoms with Crippen molar-refractivity contribution in [1.29, 1.82) is 0 Å². The van der Waals surface area contributed by atoms with Gasteiger partial charge in [-0.3, -0.25) is 4.79 Å². The molecule has 5 nitrogen and oxygen atoms in total. The molecule has 0 aromatic carbocycles. The molecule has 1 saturated carbocycles. The number of anilines is 1. The lowest BCUT2D eigenvalue weighted by Crippen LogP contribution is -2.37. The monoisotopic (exact) mass is 262 g/mol. The summed E-state index contributed by atoms with van der Waals surface area (Å²) >= 11 is 0. The second-order valence-corrected chi connectivity index (χ2v) is 5.12. The van der Waals surface area contributed by atoms with E-state index in [1.165, 1.54) is 25.7 Å². The van der Waals surface area contributed by atoms with Crippen molar-refractivity contribution < 1.29 is 4.79 Å². The standard InChI is InChI=1S/C14H22N4O/c1-18(11-5-2-3-6-11)10-9-16-14(19)12-7-4-8-13(15)17-12/h4,7-8,11H,2-3,5-6,9-10H2,1H3,(H2,15,17)(H,16,19). The van der Waals surface area contributed by atoms with Crippen molar-refractivity contribution >= 4 is 11.7 Å². The number of likely N-dealkylation sites (N-methyl/N-ethyl adjacent to an activating group) is 1. The zero-order valence-electron chi connectivity index (χ0n) is 11.4. The van der Waals surface area contributed by atoms with E-state index < -0.39 is 0 Å². The number of rotatable bonds is 5. The number of carbonyl (C=O) groups is 1. The Morgan fingerprint density at radius 2 is 2.21 bits per heavy atom. The largest absolute Gasteiger partial charge is 0.384 e. The van der Waals surface area contributed by atoms with E-state index in [4.69, 9.17) is 5.73 Å². The molecule has 0 radical (unpaired) electrons. The molecule has 1 aromatic heterocycles. The van der Waals surface area contributed by atoms with Crippen molar-refractivity contribution in [2.24, 2.45) is 0 Å². The lowest BCUT2D eigenvalue weighted by atomic mass is 10.2. The van der Waals surface area contributed by atoms with Gasteiger partial charge in [-0.25, -0.2) is 4.98 Å². The number of hydrogen-bond donors (Lipinski definition) is 2. The van der Waals surface area contributed by atoms with Gasteiger partial charge in [-0.15, -0.1) is 0 Å². The lowest BCUT2D eigenvalue weighted by Gasteiger charge is -2.23. The fraction of sp³-hybridized carbons (Fsp3) is 0.571. The summed E-state index contributed by atoms with van der Waals surface area (Å²) in [4.78, 5) is 18.2. The summed E-state index contributed by atoms with van der Waals surface area (Å²) in [6, 6.07) is 5.77. The van der Waals surface area contributed by atoms with Crippen molar-refractivity contribution in [3.8, 4) is 0 Å². The van der Waals surface area contributed by atoms with Gasteiger partial charge in [-0.05, 0) is 32.0 Å². The van der Waals surface area contributed by atoms with Crippen LogP contribution in [0.5, 0.6) is 0 Å². The molecule has 1 fully saturated rings. The molecule has 1 amide bonds. The molecule has 2 rings (SSSR count). The summed E-state index contributed by atoms with van der Waals surface area (Å²) in [5, 5.41) is 2.88. The van der Waals surface area contributed by atoms with E-state index in [2.05, 4.69) is 22.2 Å². The first-order valence-corrected chi connectivity index (χ1v) is 6.88. The van der Waals surface area contributed by atoms with Gasteiger partial charge in [0.15, 0.2) is 0 Å². The topological polar surface area (TPSA) is 71.2 Å². The number of nitrogen functional groups attached to an aromatic ring is 1. The molecule has 0 aliphatic heterocycles. The average molecular weight is 262 g/mol. The first-order chi connectivity index (χ1) is 9.16. The molecule has 0 atom stereocenters. The van der Waals surface area contributed by atoms with E-state index >= 15 is 0 Å². The highest BCUT2D eigenvalue weighted by Crippen LogP contribution is 2.21. The van der Waals surface area contributed by atoms with E-state index in [0.717, 1.165) is 6.54 Å². The Kier molecular flexibility index (Phi) is 4.74. The fourth-order valence-corrected chi connectivity index (χ4v) is 2.54. The van der Waals surface area contributed by atoms with E-state index in [0.29, 0.717) is 24.1 Å². The predicted molar refractivity (Wildman–Crippen MR) is 75.9 cm³/mol. The van der Waals surface area contributed by atoms with Crippen molar-refractivity contribution in [3.05, 3.63) is 23.9 Å². The molecular weight excluding hydrogens is 240 g/mol. The Morgan fingerprint density at radius 3 is 2.89 bits per heavy atom. The highest BCUT2D eigenvalue weighted by atomic mass is 16.1. The van der Waals surface area contributed by atoms with E-state index in [-0.39, 0.29) is 5.91 Å². The van der Waals surface area contributed by atoms with Gasteiger partial charge < -0.3 is 16.0 Å². The number of hydrogen-bond acceptors (Lipinski definition) is 4. The van der Waals surface area contributed by atoms with Crippen LogP contribution in [0, 0.1) is 0 Å². The van der Waals surface area contributed by atoms with Crippen LogP contribution in [-0.4, -0.2) is 42.0 Å². The summed E-state index contributed by atoms with van der Waals surface area (Å²) in [6.45, 7) is 1.51. The second-order valence-electron chi connectivity index (χ2n) is 5.12. The van der Waals surface area contributed by atoms with Crippen LogP contribution in [-0.2, 0) is 0 Å². The second kappa shape index (κ2) is 6.52. The zero-order valence-corrected chi connectivity index (χ0v) is 11.4. The number of aromatic nitrogens is 1. The first-order valence-electron chi connectivity index (χ1n) is 6.88. The minimum Gasteiger partial charge on any atom is -0.384 e. The van der Waals surface area contributed by atoms with Crippen molar-refractivity contribution in [2.75, 3.05) is 25.9 Å². The average Bonchev–Trinajstić information content (AvgIpc) is 2.92. The number of nitrogens with two attached hydrogens (primary N) is 1. The summed E-state index contributed by atoms with van der Waals surface area (Å²) in [5.74, 6) is 0.211. The number of amides is 1. The molecule has 1 heterocycles. The van der Waals surface area contributed by atoms with Crippen LogP contribution in [0.2, 0.25) is 0 Å². The van der Waals surface area contributed by atoms with E-state index in [9.17, 15) is 4.79 Å². The molecule has 5 heteroatoms. The molecule has 0 unspecified atom stereocenters. The number of nitrogens with zero attached hydrogens (tertiary/aromatic N) is 2. The maximum atomic E-state index is 11.9. The summed E-state index contributed by atoms with van der Waals surface area (Å²) in [7, 11) is 2.13. The quantitative estimate of drug-likeness (QED) is 0.838. The van der Waals surface area contributed by atoms with Crippen molar-refractivity contribution in [1.82, 2.24) is 15.2 Å². The highest BCUT2D eigenvalue weighted by Gasteiger charge is 2.19. The molecule has 3 N–H and O–H groups in total. The Labute approximate surface area is 114 Å². The molecule has 1 aliphatic carbocycles. The fourth-order valence-electron chi connectivity index (χ4n) is 2.54. The highest BCUT2D eigenvalue weighted by molar-refractivity contribution is 5.92. The van der Waals surface area contributed by atoms with Crippen LogP contribution in [0.3, 0.4) is 0 Å². The van der Waals surface area contributed by atoms with E-state index in [1.54, 1.807) is 18.2 Å². The molecule has 0 bridgehead atoms. The van der Waals surface area contributed by atoms with Crippen LogP contribution in [0.25, 0.3) is 0 Å². The Bertz CT molecular complexity index is 429. The molecule has 1 aromatic rings. The van der Waals surface area contributed by atoms with Gasteiger partial charge in [0.05, 0.1) is 0 Å². The van der Waals surface area contributed by atoms with Gasteiger partial charge in [0, 0.05) is 19.1 Å². The molecule has 1 aliphatic rings. The SMILES string of the molecule is CN(CCNC(=O)c1cccc(N)n1)C1CCCC1. The third-order valence-electron chi connectivity index (χ3n) is 3.70. The van der Waals surface area contributed by atoms with Crippen LogP contribution in [0.15, 0.2) is 18.2 Å². The predicted octanol–water partition coefficient (Wildman–Crippen LogP) is 1.27. The van der Waals surface area contributed by atoms with Gasteiger partial charge in [0.1, 0.15) is 11.5 Å². The number of pyridine rings is 1. The van der Waals surface area contributed by atoms with Gasteiger partial charge in [-0.1, -0.05) is 18.9 Å². The maximum absolute atomic E-state index is 11.9. The minimum absolute atomic E-state index is 0.160. The third kappa shape index (κ3) is 3.92. The third-order valence-corrected chi connectivity index (χ3v) is 3.70. The normalized spacial score (nSPS) is 15.9. The molecule has 19 heavy (non-hydrogen) atoms. The number of nitrogens with one attached hydrogen (secondary N) is 1. The van der Waals surface area contributed by atoms with Crippen LogP contribution in [0.1, 0.15) is 36.2 Å². The van der Waals surface area contributed by atoms with Crippen LogP contribution < -0.4 is 11.1 Å². The van der Waals surface area contributed by atoms with Gasteiger partial charge in [-0.2, -0.15) is 0 Å². The lowest BCUT2D eigenvalue weighted by molar-refractivity contribution is 0.0942. The van der Waals surface area contributed by atoms with Crippen LogP contribution in [0.4, 0.5) is 5.82 Å². The molecule has 104 valence electrons. The van der Waals surface area contributed by atoms with Gasteiger partial charge >= 0.3 is 0 Å². The van der Waals surface area contributed by atoms with Crippen molar-refractivity contribution in [3.63, 3.8) is 0 Å². The maximum Gasteiger partial charge on any atom is 0.270 e.